The molecule has 1 aromatic carbocycles. The molecule has 0 saturated carbocycles. The van der Waals surface area contributed by atoms with Crippen molar-refractivity contribution in [2.45, 2.75) is 19.3 Å². The van der Waals surface area contributed by atoms with Crippen LogP contribution in [0.1, 0.15) is 18.4 Å². The third-order valence-corrected chi connectivity index (χ3v) is 2.84. The van der Waals surface area contributed by atoms with E-state index in [1.165, 1.54) is 5.56 Å². The van der Waals surface area contributed by atoms with Gasteiger partial charge in [0.1, 0.15) is 0 Å². The van der Waals surface area contributed by atoms with Gasteiger partial charge in [-0.05, 0) is 37.0 Å². The van der Waals surface area contributed by atoms with E-state index in [2.05, 4.69) is 28.6 Å². The molecule has 0 nitrogen and oxygen atoms in total. The molecular weight excluding hydrogens is 247 g/mol. The van der Waals surface area contributed by atoms with Crippen LogP contribution in [0.2, 0.25) is 5.02 Å². The van der Waals surface area contributed by atoms with Gasteiger partial charge in [0.2, 0.25) is 0 Å². The van der Waals surface area contributed by atoms with Gasteiger partial charge in [-0.2, -0.15) is 0 Å². The van der Waals surface area contributed by atoms with Crippen molar-refractivity contribution < 1.29 is 0 Å². The summed E-state index contributed by atoms with van der Waals surface area (Å²) in [4.78, 5) is 0. The average Bonchev–Trinajstić information content (AvgIpc) is 2.09. The van der Waals surface area contributed by atoms with E-state index in [0.29, 0.717) is 0 Å². The highest BCUT2D eigenvalue weighted by molar-refractivity contribution is 9.10. The number of hydrogen-bond donors (Lipinski definition) is 0. The van der Waals surface area contributed by atoms with Crippen molar-refractivity contribution in [1.29, 1.82) is 0 Å². The van der Waals surface area contributed by atoms with Crippen LogP contribution in [0.15, 0.2) is 35.3 Å². The molecule has 0 aliphatic heterocycles. The molecule has 1 aromatic rings. The molecule has 0 aromatic heterocycles. The van der Waals surface area contributed by atoms with Crippen molar-refractivity contribution in [1.82, 2.24) is 0 Å². The van der Waals surface area contributed by atoms with E-state index in [1.807, 2.05) is 18.2 Å². The number of unbranched alkanes of at least 4 members (excludes halogenated alkanes) is 1. The largest absolute Gasteiger partial charge is 0.103 e. The molecule has 0 atom stereocenters. The summed E-state index contributed by atoms with van der Waals surface area (Å²) in [5.74, 6) is 0. The van der Waals surface area contributed by atoms with Crippen molar-refractivity contribution in [2.24, 2.45) is 0 Å². The zero-order valence-corrected chi connectivity index (χ0v) is 9.74. The molecule has 1 rings (SSSR count). The second-order valence-corrected chi connectivity index (χ2v) is 4.21. The van der Waals surface area contributed by atoms with E-state index in [-0.39, 0.29) is 0 Å². The topological polar surface area (TPSA) is 0 Å². The highest BCUT2D eigenvalue weighted by atomic mass is 79.9. The number of aryl methyl sites for hydroxylation is 1. The Morgan fingerprint density at radius 3 is 2.85 bits per heavy atom. The lowest BCUT2D eigenvalue weighted by Crippen LogP contribution is -1.86. The van der Waals surface area contributed by atoms with Gasteiger partial charge in [-0.15, -0.1) is 6.58 Å². The second kappa shape index (κ2) is 5.46. The molecule has 2 heteroatoms. The minimum Gasteiger partial charge on any atom is -0.103 e. The molecule has 0 aliphatic rings. The van der Waals surface area contributed by atoms with E-state index < -0.39 is 0 Å². The zero-order chi connectivity index (χ0) is 9.68. The Morgan fingerprint density at radius 2 is 2.23 bits per heavy atom. The van der Waals surface area contributed by atoms with Crippen molar-refractivity contribution in [3.8, 4) is 0 Å². The Labute approximate surface area is 92.7 Å². The molecule has 0 saturated heterocycles. The Bertz CT molecular complexity index is 294. The van der Waals surface area contributed by atoms with Crippen molar-refractivity contribution >= 4 is 27.5 Å². The number of halogens is 2. The lowest BCUT2D eigenvalue weighted by Gasteiger charge is -2.03. The summed E-state index contributed by atoms with van der Waals surface area (Å²) in [5.41, 5.74) is 1.31. The molecular formula is C11H12BrCl. The van der Waals surface area contributed by atoms with Crippen LogP contribution in [-0.4, -0.2) is 0 Å². The van der Waals surface area contributed by atoms with Crippen LogP contribution in [-0.2, 0) is 6.42 Å². The first-order valence-electron chi connectivity index (χ1n) is 4.29. The molecule has 0 fully saturated rings. The third kappa shape index (κ3) is 3.53. The first kappa shape index (κ1) is 10.8. The van der Waals surface area contributed by atoms with Gasteiger partial charge in [0.05, 0.1) is 0 Å². The minimum atomic E-state index is 0.777. The summed E-state index contributed by atoms with van der Waals surface area (Å²) < 4.78 is 1.10. The first-order valence-corrected chi connectivity index (χ1v) is 5.46. The number of hydrogen-bond acceptors (Lipinski definition) is 0. The van der Waals surface area contributed by atoms with E-state index in [0.717, 1.165) is 28.8 Å². The molecule has 0 N–H and O–H groups in total. The maximum Gasteiger partial charge on any atom is 0.0417 e. The predicted molar refractivity (Wildman–Crippen MR) is 62.3 cm³/mol. The van der Waals surface area contributed by atoms with Crippen LogP contribution in [0.3, 0.4) is 0 Å². The molecule has 13 heavy (non-hydrogen) atoms. The fourth-order valence-corrected chi connectivity index (χ4v) is 2.04. The van der Waals surface area contributed by atoms with Crippen molar-refractivity contribution in [3.05, 3.63) is 45.9 Å². The van der Waals surface area contributed by atoms with Gasteiger partial charge in [0.25, 0.3) is 0 Å². The minimum absolute atomic E-state index is 0.777. The molecule has 0 spiro atoms. The van der Waals surface area contributed by atoms with E-state index in [4.69, 9.17) is 11.6 Å². The third-order valence-electron chi connectivity index (χ3n) is 1.87. The number of rotatable bonds is 4. The first-order chi connectivity index (χ1) is 6.24. The average molecular weight is 260 g/mol. The van der Waals surface area contributed by atoms with Crippen LogP contribution >= 0.6 is 27.5 Å². The monoisotopic (exact) mass is 258 g/mol. The zero-order valence-electron chi connectivity index (χ0n) is 7.39. The molecule has 70 valence electrons. The quantitative estimate of drug-likeness (QED) is 0.547. The van der Waals surface area contributed by atoms with E-state index >= 15 is 0 Å². The highest BCUT2D eigenvalue weighted by Crippen LogP contribution is 2.22. The molecule has 0 aliphatic carbocycles. The number of allylic oxidation sites excluding steroid dienone is 1. The van der Waals surface area contributed by atoms with Crippen LogP contribution < -0.4 is 0 Å². The normalized spacial score (nSPS) is 10.0. The maximum absolute atomic E-state index is 5.83. The fourth-order valence-electron chi connectivity index (χ4n) is 1.16. The molecule has 0 amide bonds. The smallest absolute Gasteiger partial charge is 0.0417 e. The predicted octanol–water partition coefficient (Wildman–Crippen LogP) is 4.61. The van der Waals surface area contributed by atoms with Gasteiger partial charge in [0, 0.05) is 9.50 Å². The summed E-state index contributed by atoms with van der Waals surface area (Å²) >= 11 is 9.32. The summed E-state index contributed by atoms with van der Waals surface area (Å²) in [7, 11) is 0. The van der Waals surface area contributed by atoms with Crippen LogP contribution in [0, 0.1) is 0 Å². The van der Waals surface area contributed by atoms with Gasteiger partial charge < -0.3 is 0 Å². The summed E-state index contributed by atoms with van der Waals surface area (Å²) in [6.45, 7) is 3.70. The van der Waals surface area contributed by atoms with Crippen LogP contribution in [0.5, 0.6) is 0 Å². The Kier molecular flexibility index (Phi) is 4.54. The summed E-state index contributed by atoms with van der Waals surface area (Å²) in [6, 6.07) is 5.93. The lowest BCUT2D eigenvalue weighted by atomic mass is 10.1. The molecule has 0 heterocycles. The Balaban J connectivity index is 2.61. The van der Waals surface area contributed by atoms with Gasteiger partial charge in [-0.1, -0.05) is 39.7 Å². The van der Waals surface area contributed by atoms with Gasteiger partial charge in [-0.3, -0.25) is 0 Å². The summed E-state index contributed by atoms with van der Waals surface area (Å²) in [5, 5.41) is 0.777. The maximum atomic E-state index is 5.83. The van der Waals surface area contributed by atoms with Crippen molar-refractivity contribution in [2.75, 3.05) is 0 Å². The van der Waals surface area contributed by atoms with E-state index in [1.54, 1.807) is 0 Å². The van der Waals surface area contributed by atoms with Gasteiger partial charge in [-0.25, -0.2) is 0 Å². The highest BCUT2D eigenvalue weighted by Gasteiger charge is 1.99. The standard InChI is InChI=1S/C11H12BrCl/c1-2-3-4-5-9-6-7-10(13)8-11(9)12/h2,6-8H,1,3-5H2. The van der Waals surface area contributed by atoms with Crippen LogP contribution in [0.25, 0.3) is 0 Å². The Hall–Kier alpha value is -0.270. The SMILES string of the molecule is C=CCCCc1ccc(Cl)cc1Br. The van der Waals surface area contributed by atoms with Gasteiger partial charge >= 0.3 is 0 Å². The fraction of sp³-hybridized carbons (Fsp3) is 0.273. The van der Waals surface area contributed by atoms with Crippen molar-refractivity contribution in [3.63, 3.8) is 0 Å². The van der Waals surface area contributed by atoms with Crippen LogP contribution in [0.4, 0.5) is 0 Å². The second-order valence-electron chi connectivity index (χ2n) is 2.92. The molecule has 0 unspecified atom stereocenters. The molecule has 0 bridgehead atoms. The Morgan fingerprint density at radius 1 is 1.46 bits per heavy atom. The number of benzene rings is 1. The lowest BCUT2D eigenvalue weighted by molar-refractivity contribution is 0.841. The molecule has 0 radical (unpaired) electrons. The van der Waals surface area contributed by atoms with E-state index in [9.17, 15) is 0 Å². The summed E-state index contributed by atoms with van der Waals surface area (Å²) in [6.07, 6.45) is 5.23. The van der Waals surface area contributed by atoms with Gasteiger partial charge in [0.15, 0.2) is 0 Å².